The molecule has 1 atom stereocenters. The van der Waals surface area contributed by atoms with Gasteiger partial charge in [0.15, 0.2) is 11.5 Å². The van der Waals surface area contributed by atoms with Crippen LogP contribution in [0.3, 0.4) is 0 Å². The van der Waals surface area contributed by atoms with Gasteiger partial charge < -0.3 is 19.5 Å². The summed E-state index contributed by atoms with van der Waals surface area (Å²) in [6.07, 6.45) is 2.35. The molecular weight excluding hydrogens is 270 g/mol. The van der Waals surface area contributed by atoms with Gasteiger partial charge in [0.25, 0.3) is 0 Å². The number of benzene rings is 1. The summed E-state index contributed by atoms with van der Waals surface area (Å²) in [5.74, 6) is 0.984. The molecule has 21 heavy (non-hydrogen) atoms. The van der Waals surface area contributed by atoms with Crippen LogP contribution in [-0.2, 0) is 16.0 Å². The maximum atomic E-state index is 11.7. The van der Waals surface area contributed by atoms with E-state index in [-0.39, 0.29) is 12.0 Å². The molecule has 1 unspecified atom stereocenters. The number of hydrogen-bond acceptors (Lipinski definition) is 5. The second kappa shape index (κ2) is 6.52. The lowest BCUT2D eigenvalue weighted by atomic mass is 9.93. The number of esters is 1. The quantitative estimate of drug-likeness (QED) is 0.680. The first kappa shape index (κ1) is 15.2. The molecule has 2 rings (SSSR count). The smallest absolute Gasteiger partial charge is 0.332 e. The molecule has 0 radical (unpaired) electrons. The Morgan fingerprint density at radius 1 is 1.33 bits per heavy atom. The van der Waals surface area contributed by atoms with E-state index in [0.29, 0.717) is 18.1 Å². The van der Waals surface area contributed by atoms with Crippen LogP contribution in [0.15, 0.2) is 18.2 Å². The van der Waals surface area contributed by atoms with Crippen LogP contribution in [0.1, 0.15) is 25.0 Å². The second-order valence-electron chi connectivity index (χ2n) is 4.92. The van der Waals surface area contributed by atoms with Gasteiger partial charge in [0.2, 0.25) is 0 Å². The van der Waals surface area contributed by atoms with E-state index in [0.717, 1.165) is 23.2 Å². The van der Waals surface area contributed by atoms with Crippen molar-refractivity contribution in [2.75, 3.05) is 20.8 Å². The van der Waals surface area contributed by atoms with E-state index in [9.17, 15) is 4.79 Å². The zero-order chi connectivity index (χ0) is 15.4. The maximum absolute atomic E-state index is 11.7. The van der Waals surface area contributed by atoms with Crippen molar-refractivity contribution in [3.8, 4) is 11.5 Å². The van der Waals surface area contributed by atoms with E-state index in [1.165, 1.54) is 6.08 Å². The van der Waals surface area contributed by atoms with Crippen LogP contribution in [0.4, 0.5) is 0 Å². The first-order valence-corrected chi connectivity index (χ1v) is 6.99. The van der Waals surface area contributed by atoms with Crippen molar-refractivity contribution in [1.82, 2.24) is 5.32 Å². The summed E-state index contributed by atoms with van der Waals surface area (Å²) in [5.41, 5.74) is 2.82. The lowest BCUT2D eigenvalue weighted by Gasteiger charge is -2.27. The molecule has 0 bridgehead atoms. The van der Waals surface area contributed by atoms with Gasteiger partial charge >= 0.3 is 5.97 Å². The number of carbonyl (C=O) groups excluding carboxylic acids is 1. The molecule has 0 saturated carbocycles. The molecule has 0 saturated heterocycles. The molecule has 1 aliphatic rings. The zero-order valence-electron chi connectivity index (χ0n) is 12.9. The van der Waals surface area contributed by atoms with E-state index in [1.807, 2.05) is 12.1 Å². The fourth-order valence-electron chi connectivity index (χ4n) is 2.49. The van der Waals surface area contributed by atoms with Crippen molar-refractivity contribution >= 4 is 11.7 Å². The summed E-state index contributed by atoms with van der Waals surface area (Å²) in [6, 6.07) is 4.08. The SMILES string of the molecule is CCOC(=O)C=C1NC(C)Cc2cc(OC)c(OC)cc21. The first-order chi connectivity index (χ1) is 10.1. The van der Waals surface area contributed by atoms with Crippen molar-refractivity contribution < 1.29 is 19.0 Å². The number of rotatable bonds is 4. The van der Waals surface area contributed by atoms with Gasteiger partial charge in [-0.2, -0.15) is 0 Å². The Balaban J connectivity index is 2.47. The lowest BCUT2D eigenvalue weighted by Crippen LogP contribution is -2.32. The van der Waals surface area contributed by atoms with Crippen LogP contribution in [0.2, 0.25) is 0 Å². The molecule has 5 heteroatoms. The number of carbonyl (C=O) groups is 1. The summed E-state index contributed by atoms with van der Waals surface area (Å²) in [5, 5.41) is 3.31. The van der Waals surface area contributed by atoms with Gasteiger partial charge in [-0.25, -0.2) is 4.79 Å². The van der Waals surface area contributed by atoms with Gasteiger partial charge in [0, 0.05) is 23.4 Å². The van der Waals surface area contributed by atoms with Gasteiger partial charge in [-0.15, -0.1) is 0 Å². The molecule has 0 amide bonds. The third kappa shape index (κ3) is 3.29. The number of fused-ring (bicyclic) bond motifs is 1. The topological polar surface area (TPSA) is 56.8 Å². The summed E-state index contributed by atoms with van der Waals surface area (Å²) in [7, 11) is 3.21. The molecule has 1 aliphatic heterocycles. The predicted octanol–water partition coefficient (Wildman–Crippen LogP) is 2.14. The van der Waals surface area contributed by atoms with Crippen LogP contribution >= 0.6 is 0 Å². The summed E-state index contributed by atoms with van der Waals surface area (Å²) >= 11 is 0. The fourth-order valence-corrected chi connectivity index (χ4v) is 2.49. The third-order valence-corrected chi connectivity index (χ3v) is 3.38. The van der Waals surface area contributed by atoms with E-state index in [4.69, 9.17) is 14.2 Å². The molecule has 0 spiro atoms. The summed E-state index contributed by atoms with van der Waals surface area (Å²) in [4.78, 5) is 11.7. The minimum Gasteiger partial charge on any atom is -0.493 e. The van der Waals surface area contributed by atoms with Crippen molar-refractivity contribution in [2.45, 2.75) is 26.3 Å². The first-order valence-electron chi connectivity index (χ1n) is 6.99. The highest BCUT2D eigenvalue weighted by Crippen LogP contribution is 2.35. The van der Waals surface area contributed by atoms with Gasteiger partial charge in [-0.05, 0) is 38.0 Å². The highest BCUT2D eigenvalue weighted by molar-refractivity contribution is 5.92. The van der Waals surface area contributed by atoms with Crippen LogP contribution in [0.25, 0.3) is 5.70 Å². The largest absolute Gasteiger partial charge is 0.493 e. The monoisotopic (exact) mass is 291 g/mol. The molecule has 114 valence electrons. The Morgan fingerprint density at radius 3 is 2.62 bits per heavy atom. The normalized spacial score (nSPS) is 18.7. The van der Waals surface area contributed by atoms with Gasteiger partial charge in [0.05, 0.1) is 20.8 Å². The highest BCUT2D eigenvalue weighted by atomic mass is 16.5. The van der Waals surface area contributed by atoms with Crippen molar-refractivity contribution in [3.63, 3.8) is 0 Å². The molecule has 0 fully saturated rings. The Kier molecular flexibility index (Phi) is 4.73. The third-order valence-electron chi connectivity index (χ3n) is 3.38. The van der Waals surface area contributed by atoms with Crippen LogP contribution in [0.5, 0.6) is 11.5 Å². The zero-order valence-corrected chi connectivity index (χ0v) is 12.9. The minimum atomic E-state index is -0.352. The standard InChI is InChI=1S/C16H21NO4/c1-5-21-16(18)9-13-12-8-15(20-4)14(19-3)7-11(12)6-10(2)17-13/h7-10,17H,5-6H2,1-4H3. The van der Waals surface area contributed by atoms with Gasteiger partial charge in [-0.1, -0.05) is 0 Å². The average molecular weight is 291 g/mol. The van der Waals surface area contributed by atoms with Crippen LogP contribution in [-0.4, -0.2) is 32.8 Å². The Hall–Kier alpha value is -2.17. The predicted molar refractivity (Wildman–Crippen MR) is 80.5 cm³/mol. The van der Waals surface area contributed by atoms with E-state index in [1.54, 1.807) is 21.1 Å². The molecule has 0 aromatic heterocycles. The van der Waals surface area contributed by atoms with E-state index < -0.39 is 0 Å². The minimum absolute atomic E-state index is 0.233. The molecule has 0 aliphatic carbocycles. The van der Waals surface area contributed by atoms with Crippen molar-refractivity contribution in [2.24, 2.45) is 0 Å². The van der Waals surface area contributed by atoms with Crippen molar-refractivity contribution in [1.29, 1.82) is 0 Å². The van der Waals surface area contributed by atoms with Crippen LogP contribution < -0.4 is 14.8 Å². The average Bonchev–Trinajstić information content (AvgIpc) is 2.46. The Bertz CT molecular complexity index is 566. The number of ether oxygens (including phenoxy) is 3. The summed E-state index contributed by atoms with van der Waals surface area (Å²) in [6.45, 7) is 4.21. The molecule has 1 aromatic carbocycles. The molecule has 1 aromatic rings. The number of nitrogens with one attached hydrogen (secondary N) is 1. The molecular formula is C16H21NO4. The molecule has 5 nitrogen and oxygen atoms in total. The Morgan fingerprint density at radius 2 is 2.00 bits per heavy atom. The number of methoxy groups -OCH3 is 2. The highest BCUT2D eigenvalue weighted by Gasteiger charge is 2.22. The second-order valence-corrected chi connectivity index (χ2v) is 4.92. The Labute approximate surface area is 124 Å². The maximum Gasteiger partial charge on any atom is 0.332 e. The number of hydrogen-bond donors (Lipinski definition) is 1. The fraction of sp³-hybridized carbons (Fsp3) is 0.438. The van der Waals surface area contributed by atoms with Gasteiger partial charge in [-0.3, -0.25) is 0 Å². The van der Waals surface area contributed by atoms with E-state index in [2.05, 4.69) is 12.2 Å². The van der Waals surface area contributed by atoms with Crippen LogP contribution in [0, 0.1) is 0 Å². The molecule has 1 N–H and O–H groups in total. The lowest BCUT2D eigenvalue weighted by molar-refractivity contribution is -0.137. The van der Waals surface area contributed by atoms with Gasteiger partial charge in [0.1, 0.15) is 0 Å². The summed E-state index contributed by atoms with van der Waals surface area (Å²) < 4.78 is 15.7. The molecule has 1 heterocycles. The van der Waals surface area contributed by atoms with E-state index >= 15 is 0 Å². The van der Waals surface area contributed by atoms with Crippen molar-refractivity contribution in [3.05, 3.63) is 29.3 Å².